The molecule has 0 saturated carbocycles. The summed E-state index contributed by atoms with van der Waals surface area (Å²) in [5.41, 5.74) is 4.26. The summed E-state index contributed by atoms with van der Waals surface area (Å²) in [6, 6.07) is 0.215. The van der Waals surface area contributed by atoms with Crippen molar-refractivity contribution in [3.05, 3.63) is 38.4 Å². The van der Waals surface area contributed by atoms with Gasteiger partial charge in [-0.25, -0.2) is 0 Å². The van der Waals surface area contributed by atoms with Crippen LogP contribution in [0.25, 0.3) is 0 Å². The van der Waals surface area contributed by atoms with Gasteiger partial charge >= 0.3 is 0 Å². The van der Waals surface area contributed by atoms with Crippen LogP contribution in [0.1, 0.15) is 58.1 Å². The van der Waals surface area contributed by atoms with Crippen molar-refractivity contribution in [1.82, 2.24) is 15.4 Å². The molecule has 0 spiro atoms. The van der Waals surface area contributed by atoms with Gasteiger partial charge in [-0.05, 0) is 39.2 Å². The van der Waals surface area contributed by atoms with E-state index in [1.807, 2.05) is 26.2 Å². The summed E-state index contributed by atoms with van der Waals surface area (Å²) in [5, 5.41) is 9.13. The standard InChI is InChI=1S/C18H25N3O2S/c1-5-11(2)19-18(22)16-10-24-17-9-21(7-6-14(16)17)8-15-12(3)20-23-13(15)4/h10-11H,5-9H2,1-4H3,(H,19,22)/t11-/m0/s1. The minimum absolute atomic E-state index is 0.0704. The van der Waals surface area contributed by atoms with Crippen molar-refractivity contribution in [2.24, 2.45) is 0 Å². The highest BCUT2D eigenvalue weighted by molar-refractivity contribution is 7.10. The Morgan fingerprint density at radius 2 is 2.29 bits per heavy atom. The lowest BCUT2D eigenvalue weighted by molar-refractivity contribution is 0.0938. The Balaban J connectivity index is 1.70. The van der Waals surface area contributed by atoms with E-state index in [2.05, 4.69) is 22.3 Å². The summed E-state index contributed by atoms with van der Waals surface area (Å²) >= 11 is 1.70. The molecule has 6 heteroatoms. The molecule has 0 fully saturated rings. The second-order valence-corrected chi connectivity index (χ2v) is 7.56. The Labute approximate surface area is 147 Å². The van der Waals surface area contributed by atoms with Gasteiger partial charge in [0, 0.05) is 41.5 Å². The first-order valence-electron chi connectivity index (χ1n) is 8.53. The molecule has 3 rings (SSSR count). The quantitative estimate of drug-likeness (QED) is 0.900. The van der Waals surface area contributed by atoms with Gasteiger partial charge in [0.2, 0.25) is 0 Å². The fourth-order valence-corrected chi connectivity index (χ4v) is 4.18. The Morgan fingerprint density at radius 1 is 1.50 bits per heavy atom. The number of amides is 1. The van der Waals surface area contributed by atoms with E-state index in [0.717, 1.165) is 49.5 Å². The van der Waals surface area contributed by atoms with E-state index in [1.54, 1.807) is 11.3 Å². The molecule has 0 unspecified atom stereocenters. The molecule has 2 aromatic heterocycles. The van der Waals surface area contributed by atoms with Crippen LogP contribution >= 0.6 is 11.3 Å². The van der Waals surface area contributed by atoms with Crippen molar-refractivity contribution >= 4 is 17.2 Å². The molecular weight excluding hydrogens is 322 g/mol. The number of carbonyl (C=O) groups excluding carboxylic acids is 1. The molecule has 0 bridgehead atoms. The average molecular weight is 347 g/mol. The molecular formula is C18H25N3O2S. The van der Waals surface area contributed by atoms with Crippen LogP contribution in [0.2, 0.25) is 0 Å². The zero-order chi connectivity index (χ0) is 17.3. The van der Waals surface area contributed by atoms with E-state index in [1.165, 1.54) is 16.0 Å². The average Bonchev–Trinajstić information content (AvgIpc) is 3.12. The Kier molecular flexibility index (Phi) is 5.06. The highest BCUT2D eigenvalue weighted by Gasteiger charge is 2.25. The Hall–Kier alpha value is -1.66. The van der Waals surface area contributed by atoms with Gasteiger partial charge in [0.25, 0.3) is 5.91 Å². The first kappa shape index (κ1) is 17.2. The third kappa shape index (κ3) is 3.39. The molecule has 0 saturated heterocycles. The fourth-order valence-electron chi connectivity index (χ4n) is 3.06. The lowest BCUT2D eigenvalue weighted by Gasteiger charge is -2.27. The van der Waals surface area contributed by atoms with Gasteiger partial charge in [-0.1, -0.05) is 12.1 Å². The van der Waals surface area contributed by atoms with Crippen LogP contribution < -0.4 is 5.32 Å². The topological polar surface area (TPSA) is 58.4 Å². The third-order valence-corrected chi connectivity index (χ3v) is 5.84. The minimum Gasteiger partial charge on any atom is -0.361 e. The number of fused-ring (bicyclic) bond motifs is 1. The molecule has 24 heavy (non-hydrogen) atoms. The van der Waals surface area contributed by atoms with Crippen LogP contribution in [0.5, 0.6) is 0 Å². The second-order valence-electron chi connectivity index (χ2n) is 6.60. The molecule has 1 aliphatic heterocycles. The van der Waals surface area contributed by atoms with Crippen molar-refractivity contribution in [2.75, 3.05) is 6.54 Å². The Bertz CT molecular complexity index is 715. The molecule has 0 aliphatic carbocycles. The molecule has 1 atom stereocenters. The van der Waals surface area contributed by atoms with Crippen molar-refractivity contribution in [3.8, 4) is 0 Å². The van der Waals surface area contributed by atoms with Gasteiger partial charge in [-0.2, -0.15) is 0 Å². The van der Waals surface area contributed by atoms with Gasteiger partial charge in [-0.15, -0.1) is 11.3 Å². The fraction of sp³-hybridized carbons (Fsp3) is 0.556. The van der Waals surface area contributed by atoms with E-state index in [-0.39, 0.29) is 11.9 Å². The van der Waals surface area contributed by atoms with E-state index >= 15 is 0 Å². The maximum atomic E-state index is 12.4. The number of carbonyl (C=O) groups is 1. The van der Waals surface area contributed by atoms with Crippen LogP contribution in [-0.4, -0.2) is 28.6 Å². The second kappa shape index (κ2) is 7.07. The number of nitrogens with zero attached hydrogens (tertiary/aromatic N) is 2. The lowest BCUT2D eigenvalue weighted by atomic mass is 10.0. The maximum absolute atomic E-state index is 12.4. The van der Waals surface area contributed by atoms with Crippen molar-refractivity contribution in [1.29, 1.82) is 0 Å². The predicted molar refractivity (Wildman–Crippen MR) is 95.3 cm³/mol. The Morgan fingerprint density at radius 3 is 2.96 bits per heavy atom. The summed E-state index contributed by atoms with van der Waals surface area (Å²) in [5.74, 6) is 0.971. The molecule has 5 nitrogen and oxygen atoms in total. The number of hydrogen-bond donors (Lipinski definition) is 1. The highest BCUT2D eigenvalue weighted by Crippen LogP contribution is 2.30. The highest BCUT2D eigenvalue weighted by atomic mass is 32.1. The van der Waals surface area contributed by atoms with Gasteiger partial charge in [0.05, 0.1) is 11.3 Å². The predicted octanol–water partition coefficient (Wildman–Crippen LogP) is 3.44. The molecule has 1 aliphatic rings. The summed E-state index contributed by atoms with van der Waals surface area (Å²) in [6.07, 6.45) is 1.87. The van der Waals surface area contributed by atoms with Crippen molar-refractivity contribution in [3.63, 3.8) is 0 Å². The van der Waals surface area contributed by atoms with Crippen LogP contribution in [-0.2, 0) is 19.5 Å². The normalized spacial score (nSPS) is 16.0. The summed E-state index contributed by atoms with van der Waals surface area (Å²) in [7, 11) is 0. The molecule has 0 radical (unpaired) electrons. The summed E-state index contributed by atoms with van der Waals surface area (Å²) in [4.78, 5) is 16.1. The molecule has 2 aromatic rings. The van der Waals surface area contributed by atoms with Crippen molar-refractivity contribution in [2.45, 2.75) is 59.7 Å². The SMILES string of the molecule is CC[C@H](C)NC(=O)c1csc2c1CCN(Cc1c(C)noc1C)C2. The zero-order valence-electron chi connectivity index (χ0n) is 14.8. The third-order valence-electron chi connectivity index (χ3n) is 4.82. The molecule has 1 amide bonds. The van der Waals surface area contributed by atoms with Crippen LogP contribution in [0.4, 0.5) is 0 Å². The van der Waals surface area contributed by atoms with E-state index in [4.69, 9.17) is 4.52 Å². The number of aryl methyl sites for hydroxylation is 2. The summed E-state index contributed by atoms with van der Waals surface area (Å²) < 4.78 is 5.26. The first-order chi connectivity index (χ1) is 11.5. The number of hydrogen-bond acceptors (Lipinski definition) is 5. The van der Waals surface area contributed by atoms with Gasteiger partial charge in [-0.3, -0.25) is 9.69 Å². The van der Waals surface area contributed by atoms with E-state index < -0.39 is 0 Å². The van der Waals surface area contributed by atoms with E-state index in [0.29, 0.717) is 0 Å². The monoisotopic (exact) mass is 347 g/mol. The minimum atomic E-state index is 0.0704. The van der Waals surface area contributed by atoms with Gasteiger partial charge < -0.3 is 9.84 Å². The van der Waals surface area contributed by atoms with Crippen LogP contribution in [0.15, 0.2) is 9.90 Å². The molecule has 0 aromatic carbocycles. The number of aromatic nitrogens is 1. The van der Waals surface area contributed by atoms with Crippen LogP contribution in [0, 0.1) is 13.8 Å². The number of nitrogens with one attached hydrogen (secondary N) is 1. The molecule has 3 heterocycles. The van der Waals surface area contributed by atoms with Crippen LogP contribution in [0.3, 0.4) is 0 Å². The van der Waals surface area contributed by atoms with Crippen molar-refractivity contribution < 1.29 is 9.32 Å². The maximum Gasteiger partial charge on any atom is 0.252 e. The molecule has 130 valence electrons. The smallest absolute Gasteiger partial charge is 0.252 e. The summed E-state index contributed by atoms with van der Waals surface area (Å²) in [6.45, 7) is 10.8. The van der Waals surface area contributed by atoms with Gasteiger partial charge in [0.15, 0.2) is 0 Å². The van der Waals surface area contributed by atoms with E-state index in [9.17, 15) is 4.79 Å². The largest absolute Gasteiger partial charge is 0.361 e. The lowest BCUT2D eigenvalue weighted by Crippen LogP contribution is -2.34. The number of thiophene rings is 1. The first-order valence-corrected chi connectivity index (χ1v) is 9.41. The van der Waals surface area contributed by atoms with Gasteiger partial charge in [0.1, 0.15) is 5.76 Å². The zero-order valence-corrected chi connectivity index (χ0v) is 15.6. The number of rotatable bonds is 5. The molecule has 1 N–H and O–H groups in total.